The van der Waals surface area contributed by atoms with Crippen molar-refractivity contribution in [1.29, 1.82) is 0 Å². The number of halogens is 1. The molecule has 0 aliphatic carbocycles. The average molecular weight is 310 g/mol. The Hall–Kier alpha value is -1.99. The second-order valence-electron chi connectivity index (χ2n) is 5.16. The number of carboxylic acid groups (broad SMARTS) is 1. The van der Waals surface area contributed by atoms with Gasteiger partial charge in [-0.2, -0.15) is 0 Å². The molecule has 22 heavy (non-hydrogen) atoms. The molecule has 1 aliphatic rings. The van der Waals surface area contributed by atoms with Crippen molar-refractivity contribution < 1.29 is 23.8 Å². The molecular formula is C15H19FN2O4. The molecule has 7 heteroatoms. The molecule has 1 amide bonds. The number of amides is 1. The first-order valence-electron chi connectivity index (χ1n) is 7.03. The van der Waals surface area contributed by atoms with Gasteiger partial charge in [-0.25, -0.2) is 4.39 Å². The second kappa shape index (κ2) is 7.33. The van der Waals surface area contributed by atoms with Gasteiger partial charge in [0.2, 0.25) is 5.91 Å². The molecule has 1 aromatic carbocycles. The number of benzene rings is 1. The van der Waals surface area contributed by atoms with E-state index < -0.39 is 30.3 Å². The van der Waals surface area contributed by atoms with Crippen LogP contribution in [0.15, 0.2) is 24.3 Å². The van der Waals surface area contributed by atoms with Gasteiger partial charge >= 0.3 is 5.97 Å². The van der Waals surface area contributed by atoms with Crippen molar-refractivity contribution >= 4 is 11.9 Å². The Kier molecular flexibility index (Phi) is 5.46. The number of likely N-dealkylation sites (N-methyl/N-ethyl adjacent to an activating group) is 1. The van der Waals surface area contributed by atoms with Gasteiger partial charge < -0.3 is 14.7 Å². The summed E-state index contributed by atoms with van der Waals surface area (Å²) in [7, 11) is 1.41. The van der Waals surface area contributed by atoms with Crippen LogP contribution in [0.3, 0.4) is 0 Å². The molecule has 1 fully saturated rings. The highest BCUT2D eigenvalue weighted by Crippen LogP contribution is 2.26. The van der Waals surface area contributed by atoms with E-state index >= 15 is 0 Å². The van der Waals surface area contributed by atoms with Gasteiger partial charge in [0, 0.05) is 25.7 Å². The van der Waals surface area contributed by atoms with Crippen molar-refractivity contribution in [3.05, 3.63) is 35.6 Å². The first-order chi connectivity index (χ1) is 10.5. The Balaban J connectivity index is 2.30. The number of hydrogen-bond donors (Lipinski definition) is 1. The van der Waals surface area contributed by atoms with Crippen LogP contribution in [0.5, 0.6) is 0 Å². The third-order valence-electron chi connectivity index (χ3n) is 3.59. The lowest BCUT2D eigenvalue weighted by Gasteiger charge is -2.35. The van der Waals surface area contributed by atoms with E-state index in [1.54, 1.807) is 18.2 Å². The van der Waals surface area contributed by atoms with Crippen LogP contribution in [0.2, 0.25) is 0 Å². The summed E-state index contributed by atoms with van der Waals surface area (Å²) in [5.41, 5.74) is 0.256. The Bertz CT molecular complexity index is 546. The fourth-order valence-corrected chi connectivity index (χ4v) is 2.51. The zero-order valence-electron chi connectivity index (χ0n) is 12.4. The molecular weight excluding hydrogens is 291 g/mol. The van der Waals surface area contributed by atoms with Crippen LogP contribution in [-0.4, -0.2) is 66.7 Å². The highest BCUT2D eigenvalue weighted by atomic mass is 19.1. The number of carboxylic acids is 1. The second-order valence-corrected chi connectivity index (χ2v) is 5.16. The maximum Gasteiger partial charge on any atom is 0.323 e. The van der Waals surface area contributed by atoms with Crippen LogP contribution in [-0.2, 0) is 14.3 Å². The highest BCUT2D eigenvalue weighted by molar-refractivity contribution is 5.86. The van der Waals surface area contributed by atoms with Gasteiger partial charge in [0.25, 0.3) is 0 Å². The van der Waals surface area contributed by atoms with Crippen LogP contribution in [0.4, 0.5) is 4.39 Å². The number of rotatable bonds is 5. The van der Waals surface area contributed by atoms with Crippen LogP contribution >= 0.6 is 0 Å². The molecule has 0 unspecified atom stereocenters. The molecule has 0 bridgehead atoms. The average Bonchev–Trinajstić information content (AvgIpc) is 2.49. The van der Waals surface area contributed by atoms with Gasteiger partial charge in [-0.3, -0.25) is 14.5 Å². The van der Waals surface area contributed by atoms with E-state index in [9.17, 15) is 14.0 Å². The van der Waals surface area contributed by atoms with Crippen molar-refractivity contribution in [2.24, 2.45) is 0 Å². The van der Waals surface area contributed by atoms with Gasteiger partial charge in [0.05, 0.1) is 13.2 Å². The van der Waals surface area contributed by atoms with E-state index in [-0.39, 0.29) is 5.56 Å². The summed E-state index contributed by atoms with van der Waals surface area (Å²) in [5.74, 6) is -2.02. The van der Waals surface area contributed by atoms with Crippen LogP contribution in [0, 0.1) is 5.82 Å². The summed E-state index contributed by atoms with van der Waals surface area (Å²) >= 11 is 0. The SMILES string of the molecule is CN(CC(=O)O)C(=O)[C@H](c1ccccc1F)N1CCOCC1. The number of ether oxygens (including phenoxy) is 1. The lowest BCUT2D eigenvalue weighted by Crippen LogP contribution is -2.47. The maximum absolute atomic E-state index is 14.1. The van der Waals surface area contributed by atoms with Gasteiger partial charge in [0.15, 0.2) is 0 Å². The summed E-state index contributed by atoms with van der Waals surface area (Å²) < 4.78 is 19.4. The quantitative estimate of drug-likeness (QED) is 0.869. The smallest absolute Gasteiger partial charge is 0.323 e. The molecule has 1 aliphatic heterocycles. The van der Waals surface area contributed by atoms with E-state index in [0.29, 0.717) is 26.3 Å². The molecule has 6 nitrogen and oxygen atoms in total. The molecule has 120 valence electrons. The summed E-state index contributed by atoms with van der Waals surface area (Å²) in [5, 5.41) is 8.85. The minimum Gasteiger partial charge on any atom is -0.480 e. The van der Waals surface area contributed by atoms with Crippen molar-refractivity contribution in [1.82, 2.24) is 9.80 Å². The minimum atomic E-state index is -1.11. The third kappa shape index (κ3) is 3.80. The molecule has 1 N–H and O–H groups in total. The molecule has 1 heterocycles. The number of morpholine rings is 1. The zero-order valence-corrected chi connectivity index (χ0v) is 12.4. The number of hydrogen-bond acceptors (Lipinski definition) is 4. The summed E-state index contributed by atoms with van der Waals surface area (Å²) in [6.45, 7) is 1.48. The predicted molar refractivity (Wildman–Crippen MR) is 76.8 cm³/mol. The van der Waals surface area contributed by atoms with Crippen LogP contribution in [0.1, 0.15) is 11.6 Å². The molecule has 1 aromatic rings. The van der Waals surface area contributed by atoms with Gasteiger partial charge in [-0.05, 0) is 6.07 Å². The fraction of sp³-hybridized carbons (Fsp3) is 0.467. The molecule has 0 saturated carbocycles. The third-order valence-corrected chi connectivity index (χ3v) is 3.59. The Morgan fingerprint density at radius 3 is 2.59 bits per heavy atom. The first kappa shape index (κ1) is 16.4. The van der Waals surface area contributed by atoms with Crippen molar-refractivity contribution in [3.63, 3.8) is 0 Å². The number of aliphatic carboxylic acids is 1. The fourth-order valence-electron chi connectivity index (χ4n) is 2.51. The van der Waals surface area contributed by atoms with E-state index in [2.05, 4.69) is 0 Å². The van der Waals surface area contributed by atoms with E-state index in [1.807, 2.05) is 4.90 Å². The monoisotopic (exact) mass is 310 g/mol. The highest BCUT2D eigenvalue weighted by Gasteiger charge is 2.33. The molecule has 0 radical (unpaired) electrons. The predicted octanol–water partition coefficient (Wildman–Crippen LogP) is 0.742. The lowest BCUT2D eigenvalue weighted by atomic mass is 10.0. The van der Waals surface area contributed by atoms with E-state index in [1.165, 1.54) is 13.1 Å². The largest absolute Gasteiger partial charge is 0.480 e. The van der Waals surface area contributed by atoms with Gasteiger partial charge in [0.1, 0.15) is 18.4 Å². The van der Waals surface area contributed by atoms with E-state index in [4.69, 9.17) is 9.84 Å². The standard InChI is InChI=1S/C15H19FN2O4/c1-17(10-13(19)20)15(21)14(18-6-8-22-9-7-18)11-4-2-3-5-12(11)16/h2-5,14H,6-10H2,1H3,(H,19,20)/t14-/m0/s1. The van der Waals surface area contributed by atoms with Crippen molar-refractivity contribution in [2.45, 2.75) is 6.04 Å². The molecule has 1 saturated heterocycles. The Morgan fingerprint density at radius 1 is 1.36 bits per heavy atom. The van der Waals surface area contributed by atoms with Gasteiger partial charge in [-0.1, -0.05) is 18.2 Å². The van der Waals surface area contributed by atoms with E-state index in [0.717, 1.165) is 4.90 Å². The first-order valence-corrected chi connectivity index (χ1v) is 7.03. The molecule has 0 spiro atoms. The zero-order chi connectivity index (χ0) is 16.1. The Labute approximate surface area is 128 Å². The minimum absolute atomic E-state index is 0.256. The normalized spacial score (nSPS) is 17.0. The van der Waals surface area contributed by atoms with Crippen LogP contribution < -0.4 is 0 Å². The number of nitrogens with zero attached hydrogens (tertiary/aromatic N) is 2. The van der Waals surface area contributed by atoms with Crippen molar-refractivity contribution in [2.75, 3.05) is 39.9 Å². The van der Waals surface area contributed by atoms with Crippen LogP contribution in [0.25, 0.3) is 0 Å². The summed E-state index contributed by atoms with van der Waals surface area (Å²) in [4.78, 5) is 26.4. The molecule has 1 atom stereocenters. The number of carbonyl (C=O) groups is 2. The summed E-state index contributed by atoms with van der Waals surface area (Å²) in [6.07, 6.45) is 0. The lowest BCUT2D eigenvalue weighted by molar-refractivity contribution is -0.147. The van der Waals surface area contributed by atoms with Gasteiger partial charge in [-0.15, -0.1) is 0 Å². The molecule has 2 rings (SSSR count). The van der Waals surface area contributed by atoms with Crippen molar-refractivity contribution in [3.8, 4) is 0 Å². The molecule has 0 aromatic heterocycles. The topological polar surface area (TPSA) is 70.1 Å². The Morgan fingerprint density at radius 2 is 2.00 bits per heavy atom. The maximum atomic E-state index is 14.1. The summed E-state index contributed by atoms with van der Waals surface area (Å²) in [6, 6.07) is 5.24. The number of carbonyl (C=O) groups excluding carboxylic acids is 1.